The van der Waals surface area contributed by atoms with Gasteiger partial charge in [-0.15, -0.1) is 0 Å². The van der Waals surface area contributed by atoms with E-state index in [1.165, 1.54) is 23.1 Å². The molecule has 2 saturated heterocycles. The third kappa shape index (κ3) is 4.79. The number of anilines is 1. The Morgan fingerprint density at radius 2 is 1.85 bits per heavy atom. The standard InChI is InChI=1S/C25H30FN5O3/c1-28(2)10-15-31-23(33)18-25(24(31)34,19-6-5-7-20(26)16-19)17-22(32)30-13-11-29(12-14-30)21-8-3-4-9-27-21/h3-9,16H,10-15,17-18H2,1-2H3/t25-/m1/s1. The van der Waals surface area contributed by atoms with Crippen molar-refractivity contribution < 1.29 is 18.8 Å². The molecule has 0 radical (unpaired) electrons. The van der Waals surface area contributed by atoms with Gasteiger partial charge < -0.3 is 14.7 Å². The minimum Gasteiger partial charge on any atom is -0.353 e. The van der Waals surface area contributed by atoms with Gasteiger partial charge in [0.25, 0.3) is 0 Å². The van der Waals surface area contributed by atoms with E-state index in [1.807, 2.05) is 37.2 Å². The number of carbonyl (C=O) groups is 3. The summed E-state index contributed by atoms with van der Waals surface area (Å²) in [7, 11) is 3.72. The Kier molecular flexibility index (Phi) is 6.92. The van der Waals surface area contributed by atoms with E-state index in [1.54, 1.807) is 17.2 Å². The first-order valence-corrected chi connectivity index (χ1v) is 11.5. The second-order valence-electron chi connectivity index (χ2n) is 9.16. The molecule has 0 bridgehead atoms. The number of hydrogen-bond acceptors (Lipinski definition) is 6. The number of pyridine rings is 1. The molecule has 2 fully saturated rings. The summed E-state index contributed by atoms with van der Waals surface area (Å²) in [6.45, 7) is 2.97. The lowest BCUT2D eigenvalue weighted by Gasteiger charge is -2.37. The average Bonchev–Trinajstić information content (AvgIpc) is 3.07. The highest BCUT2D eigenvalue weighted by Gasteiger charge is 2.54. The second-order valence-corrected chi connectivity index (χ2v) is 9.16. The van der Waals surface area contributed by atoms with Gasteiger partial charge in [-0.05, 0) is 43.9 Å². The van der Waals surface area contributed by atoms with Crippen molar-refractivity contribution in [3.8, 4) is 0 Å². The molecule has 0 aliphatic carbocycles. The summed E-state index contributed by atoms with van der Waals surface area (Å²) < 4.78 is 14.1. The van der Waals surface area contributed by atoms with Crippen molar-refractivity contribution in [2.75, 3.05) is 58.3 Å². The van der Waals surface area contributed by atoms with Gasteiger partial charge in [-0.3, -0.25) is 19.3 Å². The van der Waals surface area contributed by atoms with Crippen LogP contribution in [0.1, 0.15) is 18.4 Å². The van der Waals surface area contributed by atoms with Gasteiger partial charge >= 0.3 is 0 Å². The number of amides is 3. The van der Waals surface area contributed by atoms with E-state index in [9.17, 15) is 18.8 Å². The molecule has 0 spiro atoms. The number of imide groups is 1. The Morgan fingerprint density at radius 3 is 2.50 bits per heavy atom. The topological polar surface area (TPSA) is 77.1 Å². The largest absolute Gasteiger partial charge is 0.353 e. The molecular formula is C25H30FN5O3. The van der Waals surface area contributed by atoms with Crippen molar-refractivity contribution in [2.24, 2.45) is 0 Å². The van der Waals surface area contributed by atoms with Crippen LogP contribution in [0.2, 0.25) is 0 Å². The number of rotatable bonds is 7. The summed E-state index contributed by atoms with van der Waals surface area (Å²) in [5, 5.41) is 0. The quantitative estimate of drug-likeness (QED) is 0.575. The van der Waals surface area contributed by atoms with Crippen molar-refractivity contribution in [3.63, 3.8) is 0 Å². The molecule has 1 aromatic heterocycles. The lowest BCUT2D eigenvalue weighted by molar-refractivity contribution is -0.142. The minimum atomic E-state index is -1.39. The number of piperazine rings is 1. The van der Waals surface area contributed by atoms with E-state index < -0.39 is 17.1 Å². The predicted molar refractivity (Wildman–Crippen MR) is 126 cm³/mol. The van der Waals surface area contributed by atoms with Gasteiger partial charge in [0.2, 0.25) is 17.7 Å². The molecule has 4 rings (SSSR count). The fraction of sp³-hybridized carbons (Fsp3) is 0.440. The van der Waals surface area contributed by atoms with Crippen LogP contribution in [-0.4, -0.2) is 90.8 Å². The summed E-state index contributed by atoms with van der Waals surface area (Å²) in [5.74, 6) is -0.603. The predicted octanol–water partition coefficient (Wildman–Crippen LogP) is 1.52. The zero-order chi connectivity index (χ0) is 24.3. The second kappa shape index (κ2) is 9.89. The summed E-state index contributed by atoms with van der Waals surface area (Å²) in [4.78, 5) is 51.2. The van der Waals surface area contributed by atoms with Crippen LogP contribution in [0.5, 0.6) is 0 Å². The molecule has 0 unspecified atom stereocenters. The Balaban J connectivity index is 1.53. The van der Waals surface area contributed by atoms with Gasteiger partial charge in [0, 0.05) is 58.3 Å². The van der Waals surface area contributed by atoms with Crippen molar-refractivity contribution in [1.82, 2.24) is 19.7 Å². The van der Waals surface area contributed by atoms with E-state index in [2.05, 4.69) is 9.88 Å². The molecule has 2 aromatic rings. The van der Waals surface area contributed by atoms with E-state index in [0.29, 0.717) is 38.3 Å². The smallest absolute Gasteiger partial charge is 0.240 e. The maximum Gasteiger partial charge on any atom is 0.240 e. The molecular weight excluding hydrogens is 437 g/mol. The number of carbonyl (C=O) groups excluding carboxylic acids is 3. The van der Waals surface area contributed by atoms with E-state index >= 15 is 0 Å². The van der Waals surface area contributed by atoms with E-state index in [4.69, 9.17) is 0 Å². The molecule has 2 aliphatic heterocycles. The number of benzene rings is 1. The Morgan fingerprint density at radius 1 is 1.09 bits per heavy atom. The zero-order valence-corrected chi connectivity index (χ0v) is 19.6. The van der Waals surface area contributed by atoms with Gasteiger partial charge in [0.05, 0.1) is 5.41 Å². The fourth-order valence-corrected chi connectivity index (χ4v) is 4.67. The monoisotopic (exact) mass is 467 g/mol. The van der Waals surface area contributed by atoms with Crippen molar-refractivity contribution >= 4 is 23.5 Å². The summed E-state index contributed by atoms with van der Waals surface area (Å²) in [6.07, 6.45) is 1.44. The normalized spacial score (nSPS) is 21.0. The first kappa shape index (κ1) is 23.8. The number of likely N-dealkylation sites (tertiary alicyclic amines) is 1. The van der Waals surface area contributed by atoms with Crippen LogP contribution in [0.15, 0.2) is 48.7 Å². The number of nitrogens with zero attached hydrogens (tertiary/aromatic N) is 5. The van der Waals surface area contributed by atoms with Gasteiger partial charge in [0.1, 0.15) is 11.6 Å². The highest BCUT2D eigenvalue weighted by atomic mass is 19.1. The molecule has 9 heteroatoms. The van der Waals surface area contributed by atoms with Crippen LogP contribution >= 0.6 is 0 Å². The van der Waals surface area contributed by atoms with E-state index in [-0.39, 0.29) is 31.2 Å². The van der Waals surface area contributed by atoms with Crippen LogP contribution in [0, 0.1) is 5.82 Å². The van der Waals surface area contributed by atoms with Crippen molar-refractivity contribution in [1.29, 1.82) is 0 Å². The summed E-state index contributed by atoms with van der Waals surface area (Å²) >= 11 is 0. The maximum absolute atomic E-state index is 14.1. The molecule has 8 nitrogen and oxygen atoms in total. The van der Waals surface area contributed by atoms with Crippen LogP contribution < -0.4 is 4.90 Å². The van der Waals surface area contributed by atoms with Gasteiger partial charge in [0.15, 0.2) is 0 Å². The summed E-state index contributed by atoms with van der Waals surface area (Å²) in [6, 6.07) is 11.4. The molecule has 0 saturated carbocycles. The molecule has 34 heavy (non-hydrogen) atoms. The minimum absolute atomic E-state index is 0.137. The van der Waals surface area contributed by atoms with Crippen molar-refractivity contribution in [3.05, 3.63) is 60.0 Å². The highest BCUT2D eigenvalue weighted by molar-refractivity contribution is 6.10. The summed E-state index contributed by atoms with van der Waals surface area (Å²) in [5.41, 5.74) is -1.01. The molecule has 3 heterocycles. The van der Waals surface area contributed by atoms with Crippen LogP contribution in [-0.2, 0) is 19.8 Å². The molecule has 180 valence electrons. The molecule has 0 N–H and O–H groups in total. The maximum atomic E-state index is 14.1. The highest BCUT2D eigenvalue weighted by Crippen LogP contribution is 2.40. The average molecular weight is 468 g/mol. The lowest BCUT2D eigenvalue weighted by atomic mass is 9.75. The number of halogens is 1. The molecule has 2 aliphatic rings. The van der Waals surface area contributed by atoms with Gasteiger partial charge in [-0.1, -0.05) is 18.2 Å². The van der Waals surface area contributed by atoms with Crippen LogP contribution in [0.4, 0.5) is 10.2 Å². The zero-order valence-electron chi connectivity index (χ0n) is 19.6. The molecule has 3 amide bonds. The first-order valence-electron chi connectivity index (χ1n) is 11.5. The Labute approximate surface area is 198 Å². The Bertz CT molecular complexity index is 1060. The first-order chi connectivity index (χ1) is 16.3. The van der Waals surface area contributed by atoms with E-state index in [0.717, 1.165) is 5.82 Å². The SMILES string of the molecule is CN(C)CCN1C(=O)C[C@](CC(=O)N2CCN(c3ccccn3)CC2)(c2cccc(F)c2)C1=O. The molecule has 1 aromatic carbocycles. The van der Waals surface area contributed by atoms with Crippen molar-refractivity contribution in [2.45, 2.75) is 18.3 Å². The number of hydrogen-bond donors (Lipinski definition) is 0. The number of likely N-dealkylation sites (N-methyl/N-ethyl adjacent to an activating group) is 1. The third-order valence-electron chi connectivity index (χ3n) is 6.62. The molecule has 1 atom stereocenters. The third-order valence-corrected chi connectivity index (χ3v) is 6.62. The number of aromatic nitrogens is 1. The van der Waals surface area contributed by atoms with Gasteiger partial charge in [-0.25, -0.2) is 9.37 Å². The van der Waals surface area contributed by atoms with Gasteiger partial charge in [-0.2, -0.15) is 0 Å². The fourth-order valence-electron chi connectivity index (χ4n) is 4.67. The van der Waals surface area contributed by atoms with Crippen LogP contribution in [0.25, 0.3) is 0 Å². The Hall–Kier alpha value is -3.33. The van der Waals surface area contributed by atoms with Crippen LogP contribution in [0.3, 0.4) is 0 Å². The lowest BCUT2D eigenvalue weighted by Crippen LogP contribution is -2.51.